The first kappa shape index (κ1) is 22.8. The van der Waals surface area contributed by atoms with Gasteiger partial charge in [-0.3, -0.25) is 4.84 Å². The van der Waals surface area contributed by atoms with Crippen LogP contribution in [0.25, 0.3) is 0 Å². The summed E-state index contributed by atoms with van der Waals surface area (Å²) < 4.78 is 6.63. The fourth-order valence-electron chi connectivity index (χ4n) is 2.66. The molecule has 2 aromatic heterocycles. The topological polar surface area (TPSA) is 126 Å². The molecule has 0 aliphatic heterocycles. The molecule has 2 heterocycles. The normalized spacial score (nSPS) is 11.2. The molecule has 32 heavy (non-hydrogen) atoms. The summed E-state index contributed by atoms with van der Waals surface area (Å²) in [4.78, 5) is 26.6. The SMILES string of the molecule is CCCCCONC(=O)Oc1cccc(CON=C(c2ccccc2)c2nnnn2C)n1. The van der Waals surface area contributed by atoms with E-state index in [9.17, 15) is 4.79 Å². The quantitative estimate of drug-likeness (QED) is 0.275. The number of hydrogen-bond acceptors (Lipinski definition) is 9. The minimum atomic E-state index is -0.744. The van der Waals surface area contributed by atoms with Gasteiger partial charge in [0.25, 0.3) is 0 Å². The van der Waals surface area contributed by atoms with Crippen molar-refractivity contribution >= 4 is 11.8 Å². The molecular formula is C21H25N7O4. The van der Waals surface area contributed by atoms with E-state index >= 15 is 0 Å². The highest BCUT2D eigenvalue weighted by molar-refractivity contribution is 6.10. The van der Waals surface area contributed by atoms with Crippen molar-refractivity contribution in [2.75, 3.05) is 6.61 Å². The summed E-state index contributed by atoms with van der Waals surface area (Å²) in [6.07, 6.45) is 2.21. The van der Waals surface area contributed by atoms with Crippen LogP contribution in [-0.2, 0) is 23.3 Å². The van der Waals surface area contributed by atoms with Crippen LogP contribution >= 0.6 is 0 Å². The second kappa shape index (κ2) is 12.1. The van der Waals surface area contributed by atoms with Crippen LogP contribution < -0.4 is 10.2 Å². The molecule has 1 aromatic carbocycles. The lowest BCUT2D eigenvalue weighted by Gasteiger charge is -2.08. The van der Waals surface area contributed by atoms with Crippen LogP contribution in [0.1, 0.15) is 43.3 Å². The first-order valence-corrected chi connectivity index (χ1v) is 10.2. The highest BCUT2D eigenvalue weighted by Crippen LogP contribution is 2.11. The number of aromatic nitrogens is 5. The Labute approximate surface area is 185 Å². The van der Waals surface area contributed by atoms with Crippen LogP contribution in [0.3, 0.4) is 0 Å². The van der Waals surface area contributed by atoms with Gasteiger partial charge in [-0.1, -0.05) is 61.3 Å². The maximum Gasteiger partial charge on any atom is 0.438 e. The summed E-state index contributed by atoms with van der Waals surface area (Å²) in [7, 11) is 1.72. The molecule has 0 bridgehead atoms. The number of nitrogens with one attached hydrogen (secondary N) is 1. The predicted octanol–water partition coefficient (Wildman–Crippen LogP) is 2.78. The van der Waals surface area contributed by atoms with Gasteiger partial charge >= 0.3 is 6.09 Å². The lowest BCUT2D eigenvalue weighted by molar-refractivity contribution is 0.0426. The van der Waals surface area contributed by atoms with Gasteiger partial charge in [0.2, 0.25) is 11.7 Å². The number of rotatable bonds is 11. The monoisotopic (exact) mass is 439 g/mol. The van der Waals surface area contributed by atoms with Gasteiger partial charge in [0.15, 0.2) is 12.3 Å². The number of ether oxygens (including phenoxy) is 1. The maximum absolute atomic E-state index is 11.8. The van der Waals surface area contributed by atoms with Gasteiger partial charge in [0.1, 0.15) is 0 Å². The summed E-state index contributed by atoms with van der Waals surface area (Å²) in [6, 6.07) is 14.4. The van der Waals surface area contributed by atoms with Crippen LogP contribution in [0.2, 0.25) is 0 Å². The second-order valence-electron chi connectivity index (χ2n) is 6.72. The molecule has 0 saturated carbocycles. The standard InChI is InChI=1S/C21H25N7O4/c1-3-4-8-14-30-25-21(29)32-18-13-9-12-17(22-18)15-31-24-19(16-10-6-5-7-11-16)20-23-26-27-28(20)2/h5-7,9-13H,3-4,8,14-15H2,1-2H3,(H,25,29). The van der Waals surface area contributed by atoms with Gasteiger partial charge in [0, 0.05) is 18.7 Å². The number of tetrazole rings is 1. The molecule has 0 aliphatic rings. The predicted molar refractivity (Wildman–Crippen MR) is 115 cm³/mol. The number of pyridine rings is 1. The Hall–Kier alpha value is -3.86. The molecule has 0 atom stereocenters. The van der Waals surface area contributed by atoms with E-state index in [0.717, 1.165) is 24.8 Å². The number of benzene rings is 1. The molecule has 11 nitrogen and oxygen atoms in total. The van der Waals surface area contributed by atoms with Crippen molar-refractivity contribution in [3.63, 3.8) is 0 Å². The van der Waals surface area contributed by atoms with E-state index in [2.05, 4.69) is 38.1 Å². The van der Waals surface area contributed by atoms with E-state index < -0.39 is 6.09 Å². The largest absolute Gasteiger partial charge is 0.438 e. The molecule has 0 aliphatic carbocycles. The molecule has 1 amide bonds. The van der Waals surface area contributed by atoms with Gasteiger partial charge in [-0.2, -0.15) is 5.48 Å². The van der Waals surface area contributed by atoms with Gasteiger partial charge in [-0.25, -0.2) is 14.5 Å². The van der Waals surface area contributed by atoms with Gasteiger partial charge in [0.05, 0.1) is 12.3 Å². The van der Waals surface area contributed by atoms with Crippen molar-refractivity contribution in [2.24, 2.45) is 12.2 Å². The van der Waals surface area contributed by atoms with Gasteiger partial charge in [-0.05, 0) is 22.9 Å². The van der Waals surface area contributed by atoms with E-state index in [0.29, 0.717) is 23.8 Å². The number of carbonyl (C=O) groups is 1. The Balaban J connectivity index is 1.59. The second-order valence-corrected chi connectivity index (χ2v) is 6.72. The zero-order valence-corrected chi connectivity index (χ0v) is 18.0. The number of oxime groups is 1. The summed E-state index contributed by atoms with van der Waals surface area (Å²) in [5.41, 5.74) is 4.03. The van der Waals surface area contributed by atoms with Crippen molar-refractivity contribution in [3.8, 4) is 5.88 Å². The first-order valence-electron chi connectivity index (χ1n) is 10.2. The molecule has 3 aromatic rings. The minimum absolute atomic E-state index is 0.0496. The van der Waals surface area contributed by atoms with Crippen LogP contribution in [-0.4, -0.2) is 43.6 Å². The van der Waals surface area contributed by atoms with Crippen LogP contribution in [0.15, 0.2) is 53.7 Å². The van der Waals surface area contributed by atoms with Crippen molar-refractivity contribution in [3.05, 3.63) is 65.6 Å². The van der Waals surface area contributed by atoms with Gasteiger partial charge < -0.3 is 9.57 Å². The molecule has 0 unspecified atom stereocenters. The number of carbonyl (C=O) groups excluding carboxylic acids is 1. The van der Waals surface area contributed by atoms with E-state index in [1.54, 1.807) is 25.2 Å². The molecule has 3 rings (SSSR count). The zero-order valence-electron chi connectivity index (χ0n) is 18.0. The number of hydroxylamine groups is 1. The van der Waals surface area contributed by atoms with Crippen LogP contribution in [0.5, 0.6) is 5.88 Å². The molecule has 0 spiro atoms. The highest BCUT2D eigenvalue weighted by atomic mass is 16.7. The number of aryl methyl sites for hydroxylation is 1. The fraction of sp³-hybridized carbons (Fsp3) is 0.333. The van der Waals surface area contributed by atoms with E-state index in [4.69, 9.17) is 14.4 Å². The molecular weight excluding hydrogens is 414 g/mol. The lowest BCUT2D eigenvalue weighted by Crippen LogP contribution is -2.27. The molecule has 11 heteroatoms. The summed E-state index contributed by atoms with van der Waals surface area (Å²) in [5, 5.41) is 15.7. The third-order valence-electron chi connectivity index (χ3n) is 4.23. The molecule has 1 N–H and O–H groups in total. The third-order valence-corrected chi connectivity index (χ3v) is 4.23. The van der Waals surface area contributed by atoms with E-state index in [-0.39, 0.29) is 12.5 Å². The molecule has 168 valence electrons. The van der Waals surface area contributed by atoms with Crippen molar-refractivity contribution in [1.82, 2.24) is 30.7 Å². The third kappa shape index (κ3) is 6.84. The highest BCUT2D eigenvalue weighted by Gasteiger charge is 2.15. The number of amides is 1. The average molecular weight is 439 g/mol. The zero-order chi connectivity index (χ0) is 22.6. The molecule has 0 fully saturated rings. The van der Waals surface area contributed by atoms with Crippen molar-refractivity contribution in [2.45, 2.75) is 32.8 Å². The summed E-state index contributed by atoms with van der Waals surface area (Å²) >= 11 is 0. The number of nitrogens with zero attached hydrogens (tertiary/aromatic N) is 6. The number of hydrogen-bond donors (Lipinski definition) is 1. The number of unbranched alkanes of at least 4 members (excludes halogenated alkanes) is 2. The van der Waals surface area contributed by atoms with Crippen molar-refractivity contribution < 1.29 is 19.2 Å². The summed E-state index contributed by atoms with van der Waals surface area (Å²) in [6.45, 7) is 2.56. The first-order chi connectivity index (χ1) is 15.7. The lowest BCUT2D eigenvalue weighted by atomic mass is 10.1. The Morgan fingerprint density at radius 2 is 1.97 bits per heavy atom. The van der Waals surface area contributed by atoms with E-state index in [1.165, 1.54) is 4.68 Å². The maximum atomic E-state index is 11.8. The fourth-order valence-corrected chi connectivity index (χ4v) is 2.66. The Bertz CT molecular complexity index is 1020. The van der Waals surface area contributed by atoms with Crippen molar-refractivity contribution in [1.29, 1.82) is 0 Å². The van der Waals surface area contributed by atoms with Crippen LogP contribution in [0.4, 0.5) is 4.79 Å². The average Bonchev–Trinajstić information content (AvgIpc) is 3.23. The molecule has 0 radical (unpaired) electrons. The van der Waals surface area contributed by atoms with E-state index in [1.807, 2.05) is 30.3 Å². The van der Waals surface area contributed by atoms with Crippen LogP contribution in [0, 0.1) is 0 Å². The minimum Gasteiger partial charge on any atom is -0.390 e. The molecule has 0 saturated heterocycles. The smallest absolute Gasteiger partial charge is 0.390 e. The Kier molecular flexibility index (Phi) is 8.63. The summed E-state index contributed by atoms with van der Waals surface area (Å²) in [5.74, 6) is 0.572. The van der Waals surface area contributed by atoms with Gasteiger partial charge in [-0.15, -0.1) is 5.10 Å². The Morgan fingerprint density at radius 1 is 1.12 bits per heavy atom. The Morgan fingerprint density at radius 3 is 2.72 bits per heavy atom.